The Morgan fingerprint density at radius 1 is 1.18 bits per heavy atom. The lowest BCUT2D eigenvalue weighted by atomic mass is 9.97. The van der Waals surface area contributed by atoms with Crippen molar-refractivity contribution in [2.45, 2.75) is 53.1 Å². The topological polar surface area (TPSA) is 12.0 Å². The molecule has 0 aliphatic heterocycles. The van der Waals surface area contributed by atoms with Crippen LogP contribution in [0.15, 0.2) is 18.2 Å². The van der Waals surface area contributed by atoms with E-state index in [4.69, 9.17) is 0 Å². The van der Waals surface area contributed by atoms with Crippen LogP contribution in [0.3, 0.4) is 0 Å². The first-order valence-electron chi connectivity index (χ1n) is 6.88. The maximum absolute atomic E-state index is 3.75. The zero-order valence-electron chi connectivity index (χ0n) is 11.6. The first-order chi connectivity index (χ1) is 8.09. The van der Waals surface area contributed by atoms with E-state index in [9.17, 15) is 0 Å². The highest BCUT2D eigenvalue weighted by Gasteiger charge is 2.29. The molecule has 1 heteroatoms. The van der Waals surface area contributed by atoms with Crippen LogP contribution in [0.2, 0.25) is 0 Å². The lowest BCUT2D eigenvalue weighted by molar-refractivity contribution is 0.369. The van der Waals surface area contributed by atoms with Gasteiger partial charge in [-0.3, -0.25) is 0 Å². The zero-order valence-corrected chi connectivity index (χ0v) is 11.6. The molecule has 1 aromatic rings. The SMILES string of the molecule is Cc1cccc(CNC2CCC(C)C2C)c1C. The number of aryl methyl sites for hydroxylation is 1. The second-order valence-corrected chi connectivity index (χ2v) is 5.76. The van der Waals surface area contributed by atoms with Gasteiger partial charge in [-0.25, -0.2) is 0 Å². The largest absolute Gasteiger partial charge is 0.310 e. The molecule has 0 bridgehead atoms. The fraction of sp³-hybridized carbons (Fsp3) is 0.625. The van der Waals surface area contributed by atoms with Gasteiger partial charge in [0.1, 0.15) is 0 Å². The minimum Gasteiger partial charge on any atom is -0.310 e. The van der Waals surface area contributed by atoms with Crippen molar-refractivity contribution in [3.8, 4) is 0 Å². The van der Waals surface area contributed by atoms with Crippen LogP contribution in [0.5, 0.6) is 0 Å². The van der Waals surface area contributed by atoms with Crippen molar-refractivity contribution in [1.82, 2.24) is 5.32 Å². The molecule has 3 atom stereocenters. The van der Waals surface area contributed by atoms with E-state index in [1.165, 1.54) is 29.5 Å². The van der Waals surface area contributed by atoms with Crippen molar-refractivity contribution in [3.63, 3.8) is 0 Å². The number of nitrogens with one attached hydrogen (secondary N) is 1. The Kier molecular flexibility index (Phi) is 3.88. The molecule has 1 N–H and O–H groups in total. The van der Waals surface area contributed by atoms with Gasteiger partial charge >= 0.3 is 0 Å². The highest BCUT2D eigenvalue weighted by Crippen LogP contribution is 2.31. The van der Waals surface area contributed by atoms with Gasteiger partial charge in [-0.05, 0) is 55.2 Å². The maximum atomic E-state index is 3.75. The van der Waals surface area contributed by atoms with Crippen LogP contribution in [0, 0.1) is 25.7 Å². The lowest BCUT2D eigenvalue weighted by Crippen LogP contribution is -2.32. The van der Waals surface area contributed by atoms with Crippen LogP contribution < -0.4 is 5.32 Å². The van der Waals surface area contributed by atoms with E-state index >= 15 is 0 Å². The Morgan fingerprint density at radius 3 is 2.59 bits per heavy atom. The van der Waals surface area contributed by atoms with Crippen LogP contribution in [0.25, 0.3) is 0 Å². The quantitative estimate of drug-likeness (QED) is 0.833. The van der Waals surface area contributed by atoms with Gasteiger partial charge in [0.15, 0.2) is 0 Å². The van der Waals surface area contributed by atoms with Gasteiger partial charge < -0.3 is 5.32 Å². The van der Waals surface area contributed by atoms with Gasteiger partial charge in [0, 0.05) is 12.6 Å². The molecule has 1 fully saturated rings. The maximum Gasteiger partial charge on any atom is 0.0210 e. The van der Waals surface area contributed by atoms with Crippen LogP contribution in [0.4, 0.5) is 0 Å². The predicted octanol–water partition coefficient (Wildman–Crippen LogP) is 3.83. The summed E-state index contributed by atoms with van der Waals surface area (Å²) in [6.07, 6.45) is 2.72. The van der Waals surface area contributed by atoms with Crippen LogP contribution >= 0.6 is 0 Å². The molecule has 1 aliphatic rings. The van der Waals surface area contributed by atoms with E-state index in [-0.39, 0.29) is 0 Å². The summed E-state index contributed by atoms with van der Waals surface area (Å²) in [6.45, 7) is 10.2. The van der Waals surface area contributed by atoms with E-state index in [1.807, 2.05) is 0 Å². The van der Waals surface area contributed by atoms with Crippen molar-refractivity contribution in [1.29, 1.82) is 0 Å². The highest BCUT2D eigenvalue weighted by atomic mass is 14.9. The van der Waals surface area contributed by atoms with Crippen molar-refractivity contribution in [3.05, 3.63) is 34.9 Å². The molecule has 0 saturated heterocycles. The van der Waals surface area contributed by atoms with Crippen LogP contribution in [-0.2, 0) is 6.54 Å². The monoisotopic (exact) mass is 231 g/mol. The first kappa shape index (κ1) is 12.6. The number of hydrogen-bond donors (Lipinski definition) is 1. The van der Waals surface area contributed by atoms with Gasteiger partial charge in [0.2, 0.25) is 0 Å². The molecule has 0 heterocycles. The molecule has 17 heavy (non-hydrogen) atoms. The normalized spacial score (nSPS) is 28.6. The molecular formula is C16H25N. The van der Waals surface area contributed by atoms with Gasteiger partial charge in [-0.2, -0.15) is 0 Å². The van der Waals surface area contributed by atoms with E-state index in [1.54, 1.807) is 0 Å². The summed E-state index contributed by atoms with van der Waals surface area (Å²) >= 11 is 0. The Balaban J connectivity index is 1.96. The summed E-state index contributed by atoms with van der Waals surface area (Å²) in [5.41, 5.74) is 4.30. The van der Waals surface area contributed by atoms with E-state index in [0.29, 0.717) is 6.04 Å². The molecular weight excluding hydrogens is 206 g/mol. The predicted molar refractivity (Wildman–Crippen MR) is 74.1 cm³/mol. The van der Waals surface area contributed by atoms with Gasteiger partial charge in [-0.15, -0.1) is 0 Å². The van der Waals surface area contributed by atoms with Crippen LogP contribution in [0.1, 0.15) is 43.4 Å². The zero-order chi connectivity index (χ0) is 12.4. The minimum absolute atomic E-state index is 0.713. The molecule has 3 unspecified atom stereocenters. The highest BCUT2D eigenvalue weighted by molar-refractivity contribution is 5.32. The summed E-state index contributed by atoms with van der Waals surface area (Å²) in [6, 6.07) is 7.32. The van der Waals surface area contributed by atoms with E-state index in [0.717, 1.165) is 18.4 Å². The van der Waals surface area contributed by atoms with Crippen molar-refractivity contribution >= 4 is 0 Å². The lowest BCUT2D eigenvalue weighted by Gasteiger charge is -2.20. The standard InChI is InChI=1S/C16H25N/c1-11-6-5-7-15(13(11)3)10-17-16-9-8-12(2)14(16)4/h5-7,12,14,16-17H,8-10H2,1-4H3. The Morgan fingerprint density at radius 2 is 1.94 bits per heavy atom. The molecule has 1 nitrogen and oxygen atoms in total. The number of hydrogen-bond acceptors (Lipinski definition) is 1. The molecule has 2 rings (SSSR count). The third-order valence-electron chi connectivity index (χ3n) is 4.74. The molecule has 0 aromatic heterocycles. The molecule has 0 radical (unpaired) electrons. The Bertz CT molecular complexity index is 383. The molecule has 0 spiro atoms. The van der Waals surface area contributed by atoms with Crippen molar-refractivity contribution < 1.29 is 0 Å². The fourth-order valence-corrected chi connectivity index (χ4v) is 2.90. The Labute approximate surface area is 106 Å². The van der Waals surface area contributed by atoms with E-state index in [2.05, 4.69) is 51.2 Å². The molecule has 1 aromatic carbocycles. The fourth-order valence-electron chi connectivity index (χ4n) is 2.90. The Hall–Kier alpha value is -0.820. The molecule has 94 valence electrons. The summed E-state index contributed by atoms with van der Waals surface area (Å²) < 4.78 is 0. The number of rotatable bonds is 3. The van der Waals surface area contributed by atoms with Crippen molar-refractivity contribution in [2.75, 3.05) is 0 Å². The average Bonchev–Trinajstić information content (AvgIpc) is 2.62. The molecule has 1 aliphatic carbocycles. The second kappa shape index (κ2) is 5.22. The average molecular weight is 231 g/mol. The van der Waals surface area contributed by atoms with E-state index < -0.39 is 0 Å². The smallest absolute Gasteiger partial charge is 0.0210 e. The van der Waals surface area contributed by atoms with Gasteiger partial charge in [0.25, 0.3) is 0 Å². The molecule has 1 saturated carbocycles. The molecule has 0 amide bonds. The van der Waals surface area contributed by atoms with Gasteiger partial charge in [0.05, 0.1) is 0 Å². The first-order valence-corrected chi connectivity index (χ1v) is 6.88. The van der Waals surface area contributed by atoms with Gasteiger partial charge in [-0.1, -0.05) is 32.0 Å². The third-order valence-corrected chi connectivity index (χ3v) is 4.74. The minimum atomic E-state index is 0.713. The number of benzene rings is 1. The summed E-state index contributed by atoms with van der Waals surface area (Å²) in [7, 11) is 0. The van der Waals surface area contributed by atoms with Crippen LogP contribution in [-0.4, -0.2) is 6.04 Å². The second-order valence-electron chi connectivity index (χ2n) is 5.76. The summed E-state index contributed by atoms with van der Waals surface area (Å²) in [5.74, 6) is 1.70. The van der Waals surface area contributed by atoms with Crippen molar-refractivity contribution in [2.24, 2.45) is 11.8 Å². The summed E-state index contributed by atoms with van der Waals surface area (Å²) in [5, 5.41) is 3.75. The third kappa shape index (κ3) is 2.71. The summed E-state index contributed by atoms with van der Waals surface area (Å²) in [4.78, 5) is 0.